The van der Waals surface area contributed by atoms with Gasteiger partial charge in [-0.1, -0.05) is 6.07 Å². The van der Waals surface area contributed by atoms with E-state index < -0.39 is 11.7 Å². The van der Waals surface area contributed by atoms with Crippen LogP contribution in [0.15, 0.2) is 35.1 Å². The summed E-state index contributed by atoms with van der Waals surface area (Å²) in [4.78, 5) is 16.0. The highest BCUT2D eigenvalue weighted by molar-refractivity contribution is 9.10. The van der Waals surface area contributed by atoms with Crippen molar-refractivity contribution in [2.75, 3.05) is 0 Å². The van der Waals surface area contributed by atoms with E-state index in [0.29, 0.717) is 16.2 Å². The van der Waals surface area contributed by atoms with Gasteiger partial charge in [-0.2, -0.15) is 9.78 Å². The first-order chi connectivity index (χ1) is 9.83. The molecule has 21 heavy (non-hydrogen) atoms. The Balaban J connectivity index is 1.96. The van der Waals surface area contributed by atoms with Crippen molar-refractivity contribution < 1.29 is 14.3 Å². The Morgan fingerprint density at radius 1 is 1.33 bits per heavy atom. The van der Waals surface area contributed by atoms with Crippen molar-refractivity contribution in [1.29, 1.82) is 0 Å². The van der Waals surface area contributed by atoms with Gasteiger partial charge >= 0.3 is 6.09 Å². The average molecular weight is 354 g/mol. The molecular formula is C14H16BrN3O3. The number of carbonyl (C=O) groups is 1. The van der Waals surface area contributed by atoms with E-state index in [1.54, 1.807) is 39.1 Å². The van der Waals surface area contributed by atoms with Gasteiger partial charge in [0.2, 0.25) is 5.88 Å². The van der Waals surface area contributed by atoms with Gasteiger partial charge in [0, 0.05) is 12.3 Å². The van der Waals surface area contributed by atoms with Gasteiger partial charge in [-0.05, 0) is 48.8 Å². The van der Waals surface area contributed by atoms with Crippen LogP contribution in [0, 0.1) is 0 Å². The minimum Gasteiger partial charge on any atom is -0.471 e. The Bertz CT molecular complexity index is 634. The zero-order valence-electron chi connectivity index (χ0n) is 12.0. The monoisotopic (exact) mass is 353 g/mol. The van der Waals surface area contributed by atoms with Crippen molar-refractivity contribution in [3.05, 3.63) is 40.8 Å². The zero-order valence-corrected chi connectivity index (χ0v) is 13.6. The molecule has 0 N–H and O–H groups in total. The second-order valence-corrected chi connectivity index (χ2v) is 6.13. The molecular weight excluding hydrogens is 338 g/mol. The number of hydrogen-bond acceptors (Lipinski definition) is 5. The summed E-state index contributed by atoms with van der Waals surface area (Å²) in [6.07, 6.45) is 1.02. The fraction of sp³-hybridized carbons (Fsp3) is 0.357. The third-order valence-corrected chi connectivity index (χ3v) is 2.72. The second kappa shape index (κ2) is 6.26. The summed E-state index contributed by atoms with van der Waals surface area (Å²) in [6.45, 7) is 5.63. The summed E-state index contributed by atoms with van der Waals surface area (Å²) >= 11 is 3.27. The van der Waals surface area contributed by atoms with E-state index in [9.17, 15) is 4.79 Å². The van der Waals surface area contributed by atoms with Crippen molar-refractivity contribution in [1.82, 2.24) is 14.8 Å². The third-order valence-electron chi connectivity index (χ3n) is 2.28. The van der Waals surface area contributed by atoms with Gasteiger partial charge < -0.3 is 9.47 Å². The van der Waals surface area contributed by atoms with Gasteiger partial charge in [0.15, 0.2) is 0 Å². The van der Waals surface area contributed by atoms with E-state index in [2.05, 4.69) is 26.0 Å². The normalized spacial score (nSPS) is 11.2. The summed E-state index contributed by atoms with van der Waals surface area (Å²) < 4.78 is 12.6. The molecule has 112 valence electrons. The van der Waals surface area contributed by atoms with Crippen molar-refractivity contribution >= 4 is 22.0 Å². The molecule has 0 aliphatic rings. The Kier molecular flexibility index (Phi) is 4.62. The lowest BCUT2D eigenvalue weighted by molar-refractivity contribution is 0.0513. The van der Waals surface area contributed by atoms with Crippen LogP contribution in [0.1, 0.15) is 26.5 Å². The summed E-state index contributed by atoms with van der Waals surface area (Å²) in [7, 11) is 0. The molecule has 0 radical (unpaired) electrons. The highest BCUT2D eigenvalue weighted by Gasteiger charge is 2.18. The predicted octanol–water partition coefficient (Wildman–Crippen LogP) is 3.40. The number of carbonyl (C=O) groups excluding carboxylic acids is 1. The fourth-order valence-electron chi connectivity index (χ4n) is 1.47. The largest absolute Gasteiger partial charge is 0.471 e. The van der Waals surface area contributed by atoms with Crippen LogP contribution in [0.4, 0.5) is 4.79 Å². The van der Waals surface area contributed by atoms with Gasteiger partial charge in [-0.25, -0.2) is 9.78 Å². The van der Waals surface area contributed by atoms with Crippen LogP contribution in [0.2, 0.25) is 0 Å². The summed E-state index contributed by atoms with van der Waals surface area (Å²) in [6, 6.07) is 7.08. The average Bonchev–Trinajstić information content (AvgIpc) is 2.83. The molecule has 0 saturated carbocycles. The molecule has 0 fully saturated rings. The molecule has 7 heteroatoms. The topological polar surface area (TPSA) is 66.2 Å². The molecule has 2 heterocycles. The summed E-state index contributed by atoms with van der Waals surface area (Å²) in [5.74, 6) is 0.483. The first kappa shape index (κ1) is 15.5. The molecule has 0 bridgehead atoms. The van der Waals surface area contributed by atoms with Crippen LogP contribution < -0.4 is 4.74 Å². The van der Waals surface area contributed by atoms with Crippen molar-refractivity contribution in [3.8, 4) is 5.88 Å². The molecule has 0 saturated heterocycles. The molecule has 2 rings (SSSR count). The van der Waals surface area contributed by atoms with Gasteiger partial charge in [0.25, 0.3) is 0 Å². The first-order valence-electron chi connectivity index (χ1n) is 6.37. The number of pyridine rings is 1. The fourth-order valence-corrected chi connectivity index (χ4v) is 1.79. The molecule has 6 nitrogen and oxygen atoms in total. The molecule has 0 spiro atoms. The first-order valence-corrected chi connectivity index (χ1v) is 7.16. The van der Waals surface area contributed by atoms with Gasteiger partial charge in [0.05, 0.1) is 0 Å². The lowest BCUT2D eigenvalue weighted by Gasteiger charge is -2.18. The smallest absolute Gasteiger partial charge is 0.435 e. The zero-order chi connectivity index (χ0) is 15.5. The summed E-state index contributed by atoms with van der Waals surface area (Å²) in [5.41, 5.74) is 0.0579. The number of ether oxygens (including phenoxy) is 2. The van der Waals surface area contributed by atoms with E-state index >= 15 is 0 Å². The van der Waals surface area contributed by atoms with E-state index in [1.165, 1.54) is 0 Å². The highest BCUT2D eigenvalue weighted by atomic mass is 79.9. The maximum absolute atomic E-state index is 11.8. The van der Waals surface area contributed by atoms with Crippen LogP contribution in [0.25, 0.3) is 0 Å². The van der Waals surface area contributed by atoms with Crippen LogP contribution in [-0.4, -0.2) is 26.5 Å². The van der Waals surface area contributed by atoms with Crippen LogP contribution in [-0.2, 0) is 11.3 Å². The molecule has 0 atom stereocenters. The molecule has 2 aromatic heterocycles. The lowest BCUT2D eigenvalue weighted by atomic mass is 10.2. The van der Waals surface area contributed by atoms with E-state index in [-0.39, 0.29) is 6.61 Å². The van der Waals surface area contributed by atoms with Crippen molar-refractivity contribution in [2.45, 2.75) is 33.0 Å². The lowest BCUT2D eigenvalue weighted by Crippen LogP contribution is -2.27. The Labute approximate surface area is 131 Å². The number of rotatable bonds is 3. The molecule has 0 amide bonds. The predicted molar refractivity (Wildman–Crippen MR) is 80.1 cm³/mol. The number of nitrogens with zero attached hydrogens (tertiary/aromatic N) is 3. The van der Waals surface area contributed by atoms with E-state index in [0.717, 1.165) is 4.68 Å². The van der Waals surface area contributed by atoms with Gasteiger partial charge in [-0.15, -0.1) is 0 Å². The Morgan fingerprint density at radius 3 is 2.76 bits per heavy atom. The Morgan fingerprint density at radius 2 is 2.10 bits per heavy atom. The number of aromatic nitrogens is 3. The van der Waals surface area contributed by atoms with E-state index in [4.69, 9.17) is 9.47 Å². The molecule has 0 aliphatic carbocycles. The van der Waals surface area contributed by atoms with Crippen LogP contribution in [0.5, 0.6) is 5.88 Å². The molecule has 0 aliphatic heterocycles. The minimum absolute atomic E-state index is 0.221. The van der Waals surface area contributed by atoms with E-state index in [1.807, 2.05) is 12.1 Å². The van der Waals surface area contributed by atoms with Crippen LogP contribution >= 0.6 is 15.9 Å². The molecule has 0 unspecified atom stereocenters. The summed E-state index contributed by atoms with van der Waals surface area (Å²) in [5, 5.41) is 4.11. The third kappa shape index (κ3) is 4.86. The Hall–Kier alpha value is -1.89. The maximum atomic E-state index is 11.8. The minimum atomic E-state index is -0.556. The van der Waals surface area contributed by atoms with Crippen molar-refractivity contribution in [2.24, 2.45) is 0 Å². The SMILES string of the molecule is CC(C)(C)OC(=O)n1ccc(COc2cccc(Br)n2)n1. The van der Waals surface area contributed by atoms with Crippen molar-refractivity contribution in [3.63, 3.8) is 0 Å². The van der Waals surface area contributed by atoms with Gasteiger partial charge in [0.1, 0.15) is 22.5 Å². The molecule has 2 aromatic rings. The number of hydrogen-bond donors (Lipinski definition) is 0. The maximum Gasteiger partial charge on any atom is 0.435 e. The quantitative estimate of drug-likeness (QED) is 0.791. The standard InChI is InChI=1S/C14H16BrN3O3/c1-14(2,3)21-13(19)18-8-7-10(17-18)9-20-12-6-4-5-11(15)16-12/h4-8H,9H2,1-3H3. The highest BCUT2D eigenvalue weighted by Crippen LogP contribution is 2.14. The molecule has 0 aromatic carbocycles. The van der Waals surface area contributed by atoms with Crippen LogP contribution in [0.3, 0.4) is 0 Å². The van der Waals surface area contributed by atoms with Gasteiger partial charge in [-0.3, -0.25) is 0 Å². The second-order valence-electron chi connectivity index (χ2n) is 5.32. The number of halogens is 1.